The number of amides is 2. The van der Waals surface area contributed by atoms with E-state index in [0.29, 0.717) is 60.5 Å². The van der Waals surface area contributed by atoms with E-state index in [1.54, 1.807) is 55.5 Å². The number of hydrogen-bond donors (Lipinski definition) is 1. The van der Waals surface area contributed by atoms with Gasteiger partial charge in [-0.3, -0.25) is 9.59 Å². The normalized spacial score (nSPS) is 13.9. The lowest BCUT2D eigenvalue weighted by Gasteiger charge is -2.30. The fourth-order valence-corrected chi connectivity index (χ4v) is 4.06. The number of rotatable bonds is 8. The van der Waals surface area contributed by atoms with Crippen molar-refractivity contribution in [1.82, 2.24) is 20.4 Å². The predicted molar refractivity (Wildman–Crippen MR) is 127 cm³/mol. The molecule has 0 radical (unpaired) electrons. The van der Waals surface area contributed by atoms with E-state index in [2.05, 4.69) is 15.5 Å². The average Bonchev–Trinajstić information content (AvgIpc) is 3.41. The number of aromatic nitrogens is 2. The van der Waals surface area contributed by atoms with Crippen LogP contribution < -0.4 is 19.5 Å². The average molecular weight is 481 g/mol. The molecular formula is C25H28N4O6. The second-order valence-electron chi connectivity index (χ2n) is 8.06. The number of likely N-dealkylation sites (tertiary alicyclic amines) is 1. The van der Waals surface area contributed by atoms with Gasteiger partial charge in [0.1, 0.15) is 5.75 Å². The third-order valence-corrected chi connectivity index (χ3v) is 6.03. The van der Waals surface area contributed by atoms with E-state index in [-0.39, 0.29) is 24.3 Å². The standard InChI is InChI=1S/C25H28N4O6/c1-32-19-7-5-4-6-18(19)24(31)26-15-22(30)29-12-10-16(11-13-29)25-27-23(28-35-25)17-8-9-20(33-2)21(14-17)34-3/h4-9,14,16H,10-13,15H2,1-3H3,(H,26,31). The van der Waals surface area contributed by atoms with Crippen molar-refractivity contribution >= 4 is 11.8 Å². The third kappa shape index (κ3) is 5.37. The first-order valence-corrected chi connectivity index (χ1v) is 11.3. The highest BCUT2D eigenvalue weighted by Crippen LogP contribution is 2.33. The monoisotopic (exact) mass is 480 g/mol. The highest BCUT2D eigenvalue weighted by molar-refractivity contribution is 5.98. The van der Waals surface area contributed by atoms with Crippen molar-refractivity contribution in [3.8, 4) is 28.6 Å². The first-order chi connectivity index (χ1) is 17.0. The minimum Gasteiger partial charge on any atom is -0.496 e. The van der Waals surface area contributed by atoms with Crippen molar-refractivity contribution in [1.29, 1.82) is 0 Å². The second-order valence-corrected chi connectivity index (χ2v) is 8.06. The molecule has 2 heterocycles. The fourth-order valence-electron chi connectivity index (χ4n) is 4.06. The molecule has 0 atom stereocenters. The summed E-state index contributed by atoms with van der Waals surface area (Å²) in [7, 11) is 4.65. The number of hydrogen-bond acceptors (Lipinski definition) is 8. The molecule has 1 fully saturated rings. The van der Waals surface area contributed by atoms with E-state index in [1.807, 2.05) is 6.07 Å². The van der Waals surface area contributed by atoms with Crippen LogP contribution in [0.4, 0.5) is 0 Å². The van der Waals surface area contributed by atoms with E-state index in [1.165, 1.54) is 7.11 Å². The number of benzene rings is 2. The van der Waals surface area contributed by atoms with Gasteiger partial charge in [0, 0.05) is 24.6 Å². The Bertz CT molecular complexity index is 1190. The Morgan fingerprint density at radius 3 is 2.43 bits per heavy atom. The summed E-state index contributed by atoms with van der Waals surface area (Å²) in [5.41, 5.74) is 1.15. The predicted octanol–water partition coefficient (Wildman–Crippen LogP) is 2.90. The summed E-state index contributed by atoms with van der Waals surface area (Å²) in [5.74, 6) is 2.26. The Morgan fingerprint density at radius 1 is 1.00 bits per heavy atom. The number of para-hydroxylation sites is 1. The minimum atomic E-state index is -0.348. The Hall–Kier alpha value is -4.08. The largest absolute Gasteiger partial charge is 0.496 e. The topological polar surface area (TPSA) is 116 Å². The van der Waals surface area contributed by atoms with Crippen LogP contribution in [-0.2, 0) is 4.79 Å². The summed E-state index contributed by atoms with van der Waals surface area (Å²) in [4.78, 5) is 31.4. The zero-order valence-electron chi connectivity index (χ0n) is 19.9. The van der Waals surface area contributed by atoms with Gasteiger partial charge >= 0.3 is 0 Å². The Labute approximate surface area is 203 Å². The van der Waals surface area contributed by atoms with Crippen LogP contribution in [0.15, 0.2) is 47.0 Å². The van der Waals surface area contributed by atoms with Crippen molar-refractivity contribution in [3.05, 3.63) is 53.9 Å². The summed E-state index contributed by atoms with van der Waals surface area (Å²) in [6.45, 7) is 1.01. The van der Waals surface area contributed by atoms with Gasteiger partial charge in [-0.2, -0.15) is 4.98 Å². The molecule has 1 N–H and O–H groups in total. The maximum absolute atomic E-state index is 12.6. The molecule has 3 aromatic rings. The molecule has 0 aliphatic carbocycles. The molecule has 1 saturated heterocycles. The van der Waals surface area contributed by atoms with Crippen LogP contribution in [0.5, 0.6) is 17.2 Å². The molecule has 0 bridgehead atoms. The number of ether oxygens (including phenoxy) is 3. The lowest BCUT2D eigenvalue weighted by molar-refractivity contribution is -0.131. The van der Waals surface area contributed by atoms with Crippen LogP contribution >= 0.6 is 0 Å². The van der Waals surface area contributed by atoms with Crippen molar-refractivity contribution in [3.63, 3.8) is 0 Å². The molecule has 0 spiro atoms. The molecule has 35 heavy (non-hydrogen) atoms. The molecule has 1 aliphatic rings. The lowest BCUT2D eigenvalue weighted by Crippen LogP contribution is -2.43. The van der Waals surface area contributed by atoms with E-state index in [0.717, 1.165) is 5.56 Å². The SMILES string of the molecule is COc1ccc(-c2noc(C3CCN(C(=O)CNC(=O)c4ccccc4OC)CC3)n2)cc1OC. The van der Waals surface area contributed by atoms with Crippen LogP contribution in [0.3, 0.4) is 0 Å². The van der Waals surface area contributed by atoms with Gasteiger partial charge in [0.05, 0.1) is 33.4 Å². The van der Waals surface area contributed by atoms with E-state index in [9.17, 15) is 9.59 Å². The zero-order valence-corrected chi connectivity index (χ0v) is 19.9. The van der Waals surface area contributed by atoms with Crippen LogP contribution in [0.2, 0.25) is 0 Å². The molecule has 1 aliphatic heterocycles. The number of nitrogens with zero attached hydrogens (tertiary/aromatic N) is 3. The molecular weight excluding hydrogens is 452 g/mol. The molecule has 2 aromatic carbocycles. The van der Waals surface area contributed by atoms with Crippen molar-refractivity contribution < 1.29 is 28.3 Å². The van der Waals surface area contributed by atoms with E-state index in [4.69, 9.17) is 18.7 Å². The molecule has 10 nitrogen and oxygen atoms in total. The maximum atomic E-state index is 12.6. The highest BCUT2D eigenvalue weighted by Gasteiger charge is 2.28. The molecule has 10 heteroatoms. The quantitative estimate of drug-likeness (QED) is 0.523. The van der Waals surface area contributed by atoms with Crippen LogP contribution in [-0.4, -0.2) is 67.8 Å². The van der Waals surface area contributed by atoms with Crippen molar-refractivity contribution in [2.45, 2.75) is 18.8 Å². The smallest absolute Gasteiger partial charge is 0.255 e. The zero-order chi connectivity index (χ0) is 24.8. The minimum absolute atomic E-state index is 0.0589. The van der Waals surface area contributed by atoms with Gasteiger partial charge in [0.25, 0.3) is 5.91 Å². The summed E-state index contributed by atoms with van der Waals surface area (Å²) >= 11 is 0. The summed E-state index contributed by atoms with van der Waals surface area (Å²) in [6, 6.07) is 12.3. The Balaban J connectivity index is 1.31. The Morgan fingerprint density at radius 2 is 1.71 bits per heavy atom. The molecule has 2 amide bonds. The van der Waals surface area contributed by atoms with Gasteiger partial charge in [-0.1, -0.05) is 17.3 Å². The first-order valence-electron chi connectivity index (χ1n) is 11.3. The first kappa shape index (κ1) is 24.1. The molecule has 0 saturated carbocycles. The van der Waals surface area contributed by atoms with Crippen LogP contribution in [0.1, 0.15) is 35.0 Å². The van der Waals surface area contributed by atoms with E-state index >= 15 is 0 Å². The fraction of sp³-hybridized carbons (Fsp3) is 0.360. The summed E-state index contributed by atoms with van der Waals surface area (Å²) < 4.78 is 21.4. The summed E-state index contributed by atoms with van der Waals surface area (Å²) in [6.07, 6.45) is 1.39. The van der Waals surface area contributed by atoms with E-state index < -0.39 is 0 Å². The second kappa shape index (κ2) is 10.9. The summed E-state index contributed by atoms with van der Waals surface area (Å²) in [5, 5.41) is 6.80. The number of nitrogens with one attached hydrogen (secondary N) is 1. The highest BCUT2D eigenvalue weighted by atomic mass is 16.5. The number of methoxy groups -OCH3 is 3. The van der Waals surface area contributed by atoms with Crippen molar-refractivity contribution in [2.24, 2.45) is 0 Å². The number of piperidine rings is 1. The van der Waals surface area contributed by atoms with Gasteiger partial charge in [-0.25, -0.2) is 0 Å². The molecule has 184 valence electrons. The lowest BCUT2D eigenvalue weighted by atomic mass is 9.96. The maximum Gasteiger partial charge on any atom is 0.255 e. The Kier molecular flexibility index (Phi) is 7.49. The van der Waals surface area contributed by atoms with Gasteiger partial charge in [-0.05, 0) is 43.2 Å². The van der Waals surface area contributed by atoms with Crippen LogP contribution in [0, 0.1) is 0 Å². The third-order valence-electron chi connectivity index (χ3n) is 6.03. The van der Waals surface area contributed by atoms with Gasteiger partial charge in [0.2, 0.25) is 17.6 Å². The number of carbonyl (C=O) groups is 2. The van der Waals surface area contributed by atoms with Gasteiger partial charge in [-0.15, -0.1) is 0 Å². The molecule has 4 rings (SSSR count). The van der Waals surface area contributed by atoms with Crippen LogP contribution in [0.25, 0.3) is 11.4 Å². The van der Waals surface area contributed by atoms with Gasteiger partial charge < -0.3 is 29.0 Å². The number of carbonyl (C=O) groups excluding carboxylic acids is 2. The van der Waals surface area contributed by atoms with Crippen molar-refractivity contribution in [2.75, 3.05) is 41.0 Å². The molecule has 0 unspecified atom stereocenters. The molecule has 1 aromatic heterocycles. The van der Waals surface area contributed by atoms with Gasteiger partial charge in [0.15, 0.2) is 11.5 Å².